The number of hydrogen-bond acceptors (Lipinski definition) is 5. The van der Waals surface area contributed by atoms with Crippen molar-refractivity contribution in [1.29, 1.82) is 5.26 Å². The number of nitrogen functional groups attached to an aromatic ring is 1. The molecule has 1 aromatic heterocycles. The summed E-state index contributed by atoms with van der Waals surface area (Å²) in [7, 11) is 0. The second-order valence-electron chi connectivity index (χ2n) is 3.11. The Labute approximate surface area is 97.7 Å². The van der Waals surface area contributed by atoms with Gasteiger partial charge in [0.25, 0.3) is 0 Å². The molecule has 0 aliphatic rings. The molecule has 0 aromatic carbocycles. The zero-order valence-electron chi connectivity index (χ0n) is 9.15. The van der Waals surface area contributed by atoms with Gasteiger partial charge < -0.3 is 15.7 Å². The molecule has 0 fully saturated rings. The highest BCUT2D eigenvalue weighted by atomic mass is 32.1. The Hall–Kier alpha value is -1.74. The third-order valence-electron chi connectivity index (χ3n) is 2.28. The van der Waals surface area contributed by atoms with E-state index in [4.69, 9.17) is 16.1 Å². The summed E-state index contributed by atoms with van der Waals surface area (Å²) in [4.78, 5) is 12.9. The predicted molar refractivity (Wildman–Crippen MR) is 64.0 cm³/mol. The van der Waals surface area contributed by atoms with Crippen LogP contribution < -0.4 is 10.6 Å². The zero-order chi connectivity index (χ0) is 12.3. The lowest BCUT2D eigenvalue weighted by molar-refractivity contribution is 0.0703. The lowest BCUT2D eigenvalue weighted by Gasteiger charge is -2.18. The van der Waals surface area contributed by atoms with Gasteiger partial charge in [-0.15, -0.1) is 11.3 Å². The van der Waals surface area contributed by atoms with Gasteiger partial charge in [-0.3, -0.25) is 0 Å². The number of carboxylic acid groups (broad SMARTS) is 1. The molecule has 0 aliphatic heterocycles. The van der Waals surface area contributed by atoms with E-state index in [1.165, 1.54) is 0 Å². The molecule has 0 saturated heterocycles. The molecular formula is C10H13N3O2S. The number of carboxylic acids is 1. The molecule has 3 N–H and O–H groups in total. The first kappa shape index (κ1) is 12.3. The van der Waals surface area contributed by atoms with Crippen LogP contribution in [0.15, 0.2) is 0 Å². The van der Waals surface area contributed by atoms with Crippen molar-refractivity contribution in [3.63, 3.8) is 0 Å². The fourth-order valence-corrected chi connectivity index (χ4v) is 2.57. The SMILES string of the molecule is CCN(CC)c1sc(C(=O)O)c(N)c1C#N. The Morgan fingerprint density at radius 3 is 2.50 bits per heavy atom. The summed E-state index contributed by atoms with van der Waals surface area (Å²) in [5, 5.41) is 18.6. The van der Waals surface area contributed by atoms with Gasteiger partial charge in [-0.25, -0.2) is 4.79 Å². The maximum absolute atomic E-state index is 10.9. The summed E-state index contributed by atoms with van der Waals surface area (Å²) in [6, 6.07) is 1.97. The second-order valence-corrected chi connectivity index (χ2v) is 4.11. The Morgan fingerprint density at radius 2 is 2.12 bits per heavy atom. The van der Waals surface area contributed by atoms with E-state index in [0.717, 1.165) is 11.3 Å². The number of thiophene rings is 1. The van der Waals surface area contributed by atoms with Crippen molar-refractivity contribution < 1.29 is 9.90 Å². The number of nitrogens with two attached hydrogens (primary N) is 1. The number of hydrogen-bond donors (Lipinski definition) is 2. The molecule has 5 nitrogen and oxygen atoms in total. The topological polar surface area (TPSA) is 90.3 Å². The Kier molecular flexibility index (Phi) is 3.74. The van der Waals surface area contributed by atoms with Crippen LogP contribution in [0.3, 0.4) is 0 Å². The summed E-state index contributed by atoms with van der Waals surface area (Å²) in [6.07, 6.45) is 0. The van der Waals surface area contributed by atoms with E-state index in [2.05, 4.69) is 0 Å². The van der Waals surface area contributed by atoms with Crippen molar-refractivity contribution in [2.45, 2.75) is 13.8 Å². The number of rotatable bonds is 4. The zero-order valence-corrected chi connectivity index (χ0v) is 9.97. The van der Waals surface area contributed by atoms with E-state index in [1.807, 2.05) is 24.8 Å². The van der Waals surface area contributed by atoms with E-state index in [0.29, 0.717) is 18.1 Å². The fraction of sp³-hybridized carbons (Fsp3) is 0.400. The quantitative estimate of drug-likeness (QED) is 0.835. The van der Waals surface area contributed by atoms with Gasteiger partial charge in [-0.05, 0) is 13.8 Å². The van der Waals surface area contributed by atoms with Gasteiger partial charge in [-0.1, -0.05) is 0 Å². The number of nitriles is 1. The minimum absolute atomic E-state index is 0.0402. The van der Waals surface area contributed by atoms with Crippen LogP contribution >= 0.6 is 11.3 Å². The van der Waals surface area contributed by atoms with Gasteiger partial charge in [0.2, 0.25) is 0 Å². The Bertz CT molecular complexity index is 444. The molecule has 86 valence electrons. The molecule has 0 unspecified atom stereocenters. The molecule has 0 amide bonds. The van der Waals surface area contributed by atoms with Crippen LogP contribution in [0.1, 0.15) is 29.1 Å². The molecule has 0 saturated carbocycles. The van der Waals surface area contributed by atoms with Crippen LogP contribution in [0, 0.1) is 11.3 Å². The lowest BCUT2D eigenvalue weighted by Crippen LogP contribution is -2.21. The summed E-state index contributed by atoms with van der Waals surface area (Å²) >= 11 is 1.05. The van der Waals surface area contributed by atoms with E-state index < -0.39 is 5.97 Å². The van der Waals surface area contributed by atoms with E-state index in [-0.39, 0.29) is 16.1 Å². The molecule has 0 radical (unpaired) electrons. The first-order valence-corrected chi connectivity index (χ1v) is 5.69. The standard InChI is InChI=1S/C10H13N3O2S/c1-3-13(4-2)9-6(5-11)7(12)8(16-9)10(14)15/h3-4,12H2,1-2H3,(H,14,15). The summed E-state index contributed by atoms with van der Waals surface area (Å²) in [5.74, 6) is -1.09. The molecule has 1 heterocycles. The average molecular weight is 239 g/mol. The summed E-state index contributed by atoms with van der Waals surface area (Å²) in [6.45, 7) is 5.32. The monoisotopic (exact) mass is 239 g/mol. The predicted octanol–water partition coefficient (Wildman–Crippen LogP) is 1.75. The van der Waals surface area contributed by atoms with Crippen LogP contribution in [-0.2, 0) is 0 Å². The highest BCUT2D eigenvalue weighted by Crippen LogP contribution is 2.37. The molecule has 6 heteroatoms. The Balaban J connectivity index is 3.35. The van der Waals surface area contributed by atoms with Gasteiger partial charge in [0, 0.05) is 13.1 Å². The fourth-order valence-electron chi connectivity index (χ4n) is 1.43. The number of aromatic carboxylic acids is 1. The average Bonchev–Trinajstić information content (AvgIpc) is 2.58. The van der Waals surface area contributed by atoms with E-state index >= 15 is 0 Å². The molecule has 1 aromatic rings. The highest BCUT2D eigenvalue weighted by molar-refractivity contribution is 7.18. The third kappa shape index (κ3) is 1.95. The Morgan fingerprint density at radius 1 is 1.56 bits per heavy atom. The van der Waals surface area contributed by atoms with Gasteiger partial charge in [-0.2, -0.15) is 5.26 Å². The van der Waals surface area contributed by atoms with Crippen LogP contribution in [0.4, 0.5) is 10.7 Å². The molecular weight excluding hydrogens is 226 g/mol. The van der Waals surface area contributed by atoms with Crippen molar-refractivity contribution in [3.05, 3.63) is 10.4 Å². The van der Waals surface area contributed by atoms with Crippen molar-refractivity contribution in [2.24, 2.45) is 0 Å². The minimum Gasteiger partial charge on any atom is -0.477 e. The maximum atomic E-state index is 10.9. The van der Waals surface area contributed by atoms with Crippen molar-refractivity contribution in [2.75, 3.05) is 23.7 Å². The number of nitrogens with zero attached hydrogens (tertiary/aromatic N) is 2. The van der Waals surface area contributed by atoms with Crippen LogP contribution in [0.5, 0.6) is 0 Å². The largest absolute Gasteiger partial charge is 0.477 e. The van der Waals surface area contributed by atoms with Gasteiger partial charge >= 0.3 is 5.97 Å². The molecule has 0 bridgehead atoms. The van der Waals surface area contributed by atoms with E-state index in [9.17, 15) is 4.79 Å². The normalized spacial score (nSPS) is 9.81. The molecule has 0 atom stereocenters. The van der Waals surface area contributed by atoms with E-state index in [1.54, 1.807) is 0 Å². The number of carbonyl (C=O) groups is 1. The van der Waals surface area contributed by atoms with Crippen LogP contribution in [-0.4, -0.2) is 24.2 Å². The molecule has 1 rings (SSSR count). The first-order valence-electron chi connectivity index (χ1n) is 4.87. The number of anilines is 2. The van der Waals surface area contributed by atoms with Crippen molar-refractivity contribution >= 4 is 28.0 Å². The maximum Gasteiger partial charge on any atom is 0.348 e. The summed E-state index contributed by atoms with van der Waals surface area (Å²) in [5.41, 5.74) is 5.98. The van der Waals surface area contributed by atoms with Crippen molar-refractivity contribution in [3.8, 4) is 6.07 Å². The third-order valence-corrected chi connectivity index (χ3v) is 3.54. The first-order chi connectivity index (χ1) is 7.56. The van der Waals surface area contributed by atoms with Gasteiger partial charge in [0.15, 0.2) is 0 Å². The molecule has 0 aliphatic carbocycles. The highest BCUT2D eigenvalue weighted by Gasteiger charge is 2.22. The van der Waals surface area contributed by atoms with Crippen molar-refractivity contribution in [1.82, 2.24) is 0 Å². The summed E-state index contributed by atoms with van der Waals surface area (Å²) < 4.78 is 0. The van der Waals surface area contributed by atoms with Gasteiger partial charge in [0.05, 0.1) is 5.69 Å². The van der Waals surface area contributed by atoms with Crippen LogP contribution in [0.2, 0.25) is 0 Å². The van der Waals surface area contributed by atoms with Crippen LogP contribution in [0.25, 0.3) is 0 Å². The van der Waals surface area contributed by atoms with Gasteiger partial charge in [0.1, 0.15) is 21.5 Å². The minimum atomic E-state index is -1.09. The smallest absolute Gasteiger partial charge is 0.348 e. The molecule has 0 spiro atoms. The lowest BCUT2D eigenvalue weighted by atomic mass is 10.2. The second kappa shape index (κ2) is 4.86. The molecule has 16 heavy (non-hydrogen) atoms.